The summed E-state index contributed by atoms with van der Waals surface area (Å²) in [5, 5.41) is 0. The van der Waals surface area contributed by atoms with Gasteiger partial charge in [0.2, 0.25) is 0 Å². The van der Waals surface area contributed by atoms with Crippen LogP contribution in [-0.2, 0) is 14.3 Å². The number of fused-ring (bicyclic) bond motifs is 7. The molecule has 0 amide bonds. The van der Waals surface area contributed by atoms with Crippen LogP contribution in [0.25, 0.3) is 0 Å². The van der Waals surface area contributed by atoms with E-state index in [-0.39, 0.29) is 39.1 Å². The van der Waals surface area contributed by atoms with Gasteiger partial charge in [-0.05, 0) is 103 Å². The van der Waals surface area contributed by atoms with Gasteiger partial charge < -0.3 is 4.74 Å². The van der Waals surface area contributed by atoms with Gasteiger partial charge >= 0.3 is 5.97 Å². The zero-order valence-corrected chi connectivity index (χ0v) is 23.9. The molecule has 196 valence electrons. The molecule has 0 bridgehead atoms. The van der Waals surface area contributed by atoms with Crippen LogP contribution in [0.1, 0.15) is 114 Å². The van der Waals surface area contributed by atoms with Gasteiger partial charge in [-0.2, -0.15) is 0 Å². The molecule has 5 aliphatic rings. The fourth-order valence-corrected chi connectivity index (χ4v) is 11.4. The number of ether oxygens (including phenoxy) is 1. The topological polar surface area (TPSA) is 43.4 Å². The predicted molar refractivity (Wildman–Crippen MR) is 141 cm³/mol. The fraction of sp³-hybridized carbons (Fsp3) is 0.875. The molecule has 3 nitrogen and oxygen atoms in total. The second-order valence-electron chi connectivity index (χ2n) is 15.1. The number of ketones is 1. The van der Waals surface area contributed by atoms with E-state index in [0.717, 1.165) is 18.8 Å². The summed E-state index contributed by atoms with van der Waals surface area (Å²) in [5.41, 5.74) is 1.45. The van der Waals surface area contributed by atoms with Crippen molar-refractivity contribution in [1.82, 2.24) is 0 Å². The molecule has 0 heterocycles. The summed E-state index contributed by atoms with van der Waals surface area (Å²) in [7, 11) is 0. The SMILES string of the molecule is CC(=O)O[C@H]1CC[C@]2(C)C3=CC(=O)[C@@]4(C)[C@@H]5CC[C@H](C(C)C)[C@@]5(C)CC[C@]4(C)[C@H]3CC[C@H]2C1(C)C. The number of carbonyl (C=O) groups excluding carboxylic acids is 2. The first-order valence-electron chi connectivity index (χ1n) is 14.6. The van der Waals surface area contributed by atoms with E-state index in [1.165, 1.54) is 51.0 Å². The van der Waals surface area contributed by atoms with E-state index in [0.29, 0.717) is 29.5 Å². The van der Waals surface area contributed by atoms with Crippen molar-refractivity contribution in [3.63, 3.8) is 0 Å². The maximum atomic E-state index is 14.4. The van der Waals surface area contributed by atoms with E-state index in [1.807, 2.05) is 0 Å². The van der Waals surface area contributed by atoms with E-state index >= 15 is 0 Å². The van der Waals surface area contributed by atoms with Crippen LogP contribution in [0.2, 0.25) is 0 Å². The lowest BCUT2D eigenvalue weighted by molar-refractivity contribution is -0.182. The van der Waals surface area contributed by atoms with Crippen LogP contribution in [0.4, 0.5) is 0 Å². The summed E-state index contributed by atoms with van der Waals surface area (Å²) >= 11 is 0. The molecule has 3 heteroatoms. The predicted octanol–water partition coefficient (Wildman–Crippen LogP) is 7.77. The summed E-state index contributed by atoms with van der Waals surface area (Å²) in [6, 6.07) is 0. The second-order valence-corrected chi connectivity index (χ2v) is 15.1. The molecule has 5 rings (SSSR count). The van der Waals surface area contributed by atoms with Crippen molar-refractivity contribution in [3.8, 4) is 0 Å². The number of hydrogen-bond acceptors (Lipinski definition) is 3. The maximum absolute atomic E-state index is 14.4. The van der Waals surface area contributed by atoms with Gasteiger partial charge in [0, 0.05) is 17.8 Å². The molecule has 0 N–H and O–H groups in total. The molecule has 0 aromatic rings. The highest BCUT2D eigenvalue weighted by Gasteiger charge is 2.71. The van der Waals surface area contributed by atoms with Gasteiger partial charge in [0.1, 0.15) is 6.10 Å². The molecule has 4 saturated carbocycles. The third-order valence-corrected chi connectivity index (χ3v) is 13.4. The Kier molecular flexibility index (Phi) is 5.62. The van der Waals surface area contributed by atoms with E-state index in [9.17, 15) is 9.59 Å². The summed E-state index contributed by atoms with van der Waals surface area (Å²) in [4.78, 5) is 26.3. The lowest BCUT2D eigenvalue weighted by Crippen LogP contribution is -2.65. The number of rotatable bonds is 2. The average molecular weight is 483 g/mol. The molecule has 0 aromatic carbocycles. The molecule has 0 radical (unpaired) electrons. The largest absolute Gasteiger partial charge is 0.462 e. The van der Waals surface area contributed by atoms with Crippen LogP contribution < -0.4 is 0 Å². The summed E-state index contributed by atoms with van der Waals surface area (Å²) < 4.78 is 5.84. The van der Waals surface area contributed by atoms with Crippen LogP contribution in [0.3, 0.4) is 0 Å². The molecular weight excluding hydrogens is 432 g/mol. The fourth-order valence-electron chi connectivity index (χ4n) is 11.4. The third-order valence-electron chi connectivity index (χ3n) is 13.4. The van der Waals surface area contributed by atoms with Crippen LogP contribution >= 0.6 is 0 Å². The van der Waals surface area contributed by atoms with Crippen molar-refractivity contribution >= 4 is 11.8 Å². The highest BCUT2D eigenvalue weighted by molar-refractivity contribution is 5.98. The first-order valence-corrected chi connectivity index (χ1v) is 14.6. The molecular formula is C32H50O3. The molecule has 0 unspecified atom stereocenters. The van der Waals surface area contributed by atoms with Crippen LogP contribution in [0.5, 0.6) is 0 Å². The number of esters is 1. The van der Waals surface area contributed by atoms with Gasteiger partial charge in [-0.15, -0.1) is 0 Å². The minimum absolute atomic E-state index is 0.0138. The summed E-state index contributed by atoms with van der Waals surface area (Å²) in [6.07, 6.45) is 11.3. The molecule has 4 fully saturated rings. The quantitative estimate of drug-likeness (QED) is 0.377. The van der Waals surface area contributed by atoms with E-state index < -0.39 is 0 Å². The van der Waals surface area contributed by atoms with E-state index in [2.05, 4.69) is 61.5 Å². The van der Waals surface area contributed by atoms with Gasteiger partial charge in [0.25, 0.3) is 0 Å². The highest BCUT2D eigenvalue weighted by atomic mass is 16.5. The second kappa shape index (κ2) is 7.70. The minimum atomic E-state index is -0.258. The van der Waals surface area contributed by atoms with E-state index in [1.54, 1.807) is 0 Å². The van der Waals surface area contributed by atoms with Gasteiger partial charge in [0.05, 0.1) is 0 Å². The van der Waals surface area contributed by atoms with Gasteiger partial charge in [0.15, 0.2) is 5.78 Å². The Balaban J connectivity index is 1.56. The van der Waals surface area contributed by atoms with Crippen molar-refractivity contribution in [3.05, 3.63) is 11.6 Å². The molecule has 0 spiro atoms. The zero-order chi connectivity index (χ0) is 25.8. The minimum Gasteiger partial charge on any atom is -0.462 e. The van der Waals surface area contributed by atoms with Crippen molar-refractivity contribution in [2.45, 2.75) is 120 Å². The first kappa shape index (κ1) is 25.5. The molecule has 0 saturated heterocycles. The van der Waals surface area contributed by atoms with Gasteiger partial charge in [-0.1, -0.05) is 61.0 Å². The van der Waals surface area contributed by atoms with Crippen molar-refractivity contribution in [1.29, 1.82) is 0 Å². The number of allylic oxidation sites excluding steroid dienone is 2. The van der Waals surface area contributed by atoms with Gasteiger partial charge in [-0.25, -0.2) is 0 Å². The third kappa shape index (κ3) is 3.08. The Bertz CT molecular complexity index is 960. The Labute approximate surface area is 214 Å². The lowest BCUT2D eigenvalue weighted by Gasteiger charge is -2.68. The lowest BCUT2D eigenvalue weighted by atomic mass is 9.35. The molecule has 0 aliphatic heterocycles. The number of hydrogen-bond donors (Lipinski definition) is 0. The van der Waals surface area contributed by atoms with Crippen molar-refractivity contribution in [2.75, 3.05) is 0 Å². The Morgan fingerprint density at radius 2 is 1.57 bits per heavy atom. The van der Waals surface area contributed by atoms with Gasteiger partial charge in [-0.3, -0.25) is 9.59 Å². The molecule has 9 atom stereocenters. The zero-order valence-electron chi connectivity index (χ0n) is 23.9. The van der Waals surface area contributed by atoms with Crippen LogP contribution in [0.15, 0.2) is 11.6 Å². The highest BCUT2D eigenvalue weighted by Crippen LogP contribution is 2.75. The van der Waals surface area contributed by atoms with Crippen molar-refractivity contribution < 1.29 is 14.3 Å². The molecule has 5 aliphatic carbocycles. The molecule has 35 heavy (non-hydrogen) atoms. The normalized spacial score (nSPS) is 50.5. The van der Waals surface area contributed by atoms with E-state index in [4.69, 9.17) is 4.74 Å². The average Bonchev–Trinajstić information content (AvgIpc) is 3.11. The monoisotopic (exact) mass is 482 g/mol. The van der Waals surface area contributed by atoms with Crippen LogP contribution in [0, 0.1) is 56.7 Å². The van der Waals surface area contributed by atoms with Crippen LogP contribution in [-0.4, -0.2) is 17.9 Å². The maximum Gasteiger partial charge on any atom is 0.302 e. The Hall–Kier alpha value is -1.12. The smallest absolute Gasteiger partial charge is 0.302 e. The summed E-state index contributed by atoms with van der Waals surface area (Å²) in [5.74, 6) is 3.10. The van der Waals surface area contributed by atoms with Crippen molar-refractivity contribution in [2.24, 2.45) is 56.7 Å². The standard InChI is InChI=1S/C32H50O3/c1-19(2)21-10-13-25-30(21,7)16-17-31(8)22-11-12-24-28(4,5)27(35-20(3)33)14-15-29(24,6)23(22)18-26(34)32(25,31)9/h18-19,21-22,24-25,27H,10-17H2,1-9H3/t21-,22+,24+,25-,27+,29-,30-,31-,32-/m1/s1. The number of carbonyl (C=O) groups is 2. The Morgan fingerprint density at radius 1 is 0.914 bits per heavy atom. The first-order chi connectivity index (χ1) is 16.1. The molecule has 0 aromatic heterocycles. The summed E-state index contributed by atoms with van der Waals surface area (Å²) in [6.45, 7) is 20.8. The Morgan fingerprint density at radius 3 is 2.20 bits per heavy atom.